The zero-order chi connectivity index (χ0) is 23.8. The van der Waals surface area contributed by atoms with E-state index in [1.807, 2.05) is 0 Å². The highest BCUT2D eigenvalue weighted by Crippen LogP contribution is 2.31. The van der Waals surface area contributed by atoms with Gasteiger partial charge in [-0.2, -0.15) is 0 Å². The number of Topliss-reactive ketones (excluding diaryl/α,β-unsaturated/α-hetero) is 3. The summed E-state index contributed by atoms with van der Waals surface area (Å²) in [5.74, 6) is -3.70. The van der Waals surface area contributed by atoms with Gasteiger partial charge in [0.15, 0.2) is 0 Å². The van der Waals surface area contributed by atoms with Crippen LogP contribution >= 0.6 is 0 Å². The Kier molecular flexibility index (Phi) is 8.92. The average Bonchev–Trinajstić information content (AvgIpc) is 2.72. The molecule has 2 atom stereocenters. The van der Waals surface area contributed by atoms with Crippen LogP contribution in [0.2, 0.25) is 0 Å². The monoisotopic (exact) mass is 447 g/mol. The number of ether oxygens (including phenoxy) is 2. The number of carbonyl (C=O) groups is 5. The molecule has 174 valence electrons. The highest BCUT2D eigenvalue weighted by molar-refractivity contribution is 6.63. The largest absolute Gasteiger partial charge is 0.507 e. The number of rotatable bonds is 4. The number of amides is 1. The summed E-state index contributed by atoms with van der Waals surface area (Å²) in [6.07, 6.45) is -0.165. The fourth-order valence-corrected chi connectivity index (χ4v) is 3.33. The van der Waals surface area contributed by atoms with E-state index in [4.69, 9.17) is 9.47 Å². The van der Waals surface area contributed by atoms with Crippen molar-refractivity contribution in [2.45, 2.75) is 59.0 Å². The van der Waals surface area contributed by atoms with Gasteiger partial charge >= 0.3 is 5.97 Å². The van der Waals surface area contributed by atoms with E-state index in [0.29, 0.717) is 5.56 Å². The van der Waals surface area contributed by atoms with Gasteiger partial charge in [0, 0.05) is 25.8 Å². The van der Waals surface area contributed by atoms with Crippen LogP contribution in [-0.2, 0) is 30.3 Å². The van der Waals surface area contributed by atoms with Gasteiger partial charge in [0.2, 0.25) is 17.5 Å². The smallest absolute Gasteiger partial charge is 0.342 e. The first-order valence-electron chi connectivity index (χ1n) is 10.6. The Balaban J connectivity index is 2.30. The van der Waals surface area contributed by atoms with Crippen LogP contribution in [0.25, 0.3) is 0 Å². The number of cyclic esters (lactones) is 1. The molecular weight excluding hydrogens is 418 g/mol. The molecule has 0 bridgehead atoms. The number of fused-ring (bicyclic) bond motifs is 1. The molecule has 2 N–H and O–H groups in total. The van der Waals surface area contributed by atoms with Gasteiger partial charge in [0.1, 0.15) is 29.8 Å². The van der Waals surface area contributed by atoms with Crippen molar-refractivity contribution in [1.82, 2.24) is 5.32 Å². The Morgan fingerprint density at radius 3 is 2.50 bits per heavy atom. The Morgan fingerprint density at radius 1 is 1.12 bits per heavy atom. The molecule has 1 heterocycles. The first-order chi connectivity index (χ1) is 15.1. The zero-order valence-electron chi connectivity index (χ0n) is 18.6. The number of ketones is 3. The molecule has 9 nitrogen and oxygen atoms in total. The second kappa shape index (κ2) is 11.4. The lowest BCUT2D eigenvalue weighted by molar-refractivity contribution is -0.144. The van der Waals surface area contributed by atoms with Gasteiger partial charge in [-0.1, -0.05) is 6.92 Å². The maximum Gasteiger partial charge on any atom is 0.342 e. The second-order valence-electron chi connectivity index (χ2n) is 7.96. The van der Waals surface area contributed by atoms with Crippen LogP contribution in [0, 0.1) is 5.92 Å². The molecule has 0 aromatic heterocycles. The fraction of sp³-hybridized carbons (Fsp3) is 0.522. The molecule has 0 unspecified atom stereocenters. The lowest BCUT2D eigenvalue weighted by Crippen LogP contribution is -2.27. The van der Waals surface area contributed by atoms with Gasteiger partial charge < -0.3 is 19.9 Å². The highest BCUT2D eigenvalue weighted by atomic mass is 16.5. The molecule has 0 aliphatic carbocycles. The third-order valence-corrected chi connectivity index (χ3v) is 5.40. The molecule has 9 heteroatoms. The number of carbonyl (C=O) groups excluding carboxylic acids is 5. The van der Waals surface area contributed by atoms with E-state index in [1.165, 1.54) is 13.0 Å². The van der Waals surface area contributed by atoms with Crippen molar-refractivity contribution < 1.29 is 38.6 Å². The summed E-state index contributed by atoms with van der Waals surface area (Å²) in [5.41, 5.74) is 0.373. The minimum atomic E-state index is -1.00. The molecule has 0 saturated carbocycles. The summed E-state index contributed by atoms with van der Waals surface area (Å²) >= 11 is 0. The minimum absolute atomic E-state index is 0.0230. The Labute approximate surface area is 186 Å². The van der Waals surface area contributed by atoms with Crippen LogP contribution in [0.4, 0.5) is 0 Å². The lowest BCUT2D eigenvalue weighted by atomic mass is 9.94. The number of esters is 1. The summed E-state index contributed by atoms with van der Waals surface area (Å²) in [6, 6.07) is 2.85. The van der Waals surface area contributed by atoms with E-state index in [1.54, 1.807) is 19.9 Å². The number of phenolic OH excluding ortho intramolecular Hbond substituents is 1. The predicted molar refractivity (Wildman–Crippen MR) is 114 cm³/mol. The van der Waals surface area contributed by atoms with Crippen molar-refractivity contribution in [2.24, 2.45) is 5.92 Å². The molecule has 32 heavy (non-hydrogen) atoms. The maximum absolute atomic E-state index is 12.8. The van der Waals surface area contributed by atoms with Crippen molar-refractivity contribution in [3.8, 4) is 11.5 Å². The first kappa shape index (κ1) is 25.0. The number of aryl methyl sites for hydroxylation is 1. The van der Waals surface area contributed by atoms with E-state index in [9.17, 15) is 29.1 Å². The SMILES string of the molecule is CC(=O)NCCOc1cc(O)c2c(c1)CCCC(=O)C(=O)C(=O)CC[C@@H](C)[C@H](C)OC2=O. The van der Waals surface area contributed by atoms with E-state index < -0.39 is 29.4 Å². The Bertz CT molecular complexity index is 908. The van der Waals surface area contributed by atoms with Gasteiger partial charge in [0.25, 0.3) is 5.78 Å². The highest BCUT2D eigenvalue weighted by Gasteiger charge is 2.27. The normalized spacial score (nSPS) is 20.7. The zero-order valence-corrected chi connectivity index (χ0v) is 18.6. The van der Waals surface area contributed by atoms with Crippen molar-refractivity contribution >= 4 is 29.2 Å². The number of phenols is 1. The number of hydrogen-bond acceptors (Lipinski definition) is 8. The van der Waals surface area contributed by atoms with Crippen LogP contribution in [-0.4, -0.2) is 53.6 Å². The van der Waals surface area contributed by atoms with E-state index in [0.717, 1.165) is 0 Å². The second-order valence-corrected chi connectivity index (χ2v) is 7.96. The molecular formula is C23H29NO8. The molecule has 0 fully saturated rings. The van der Waals surface area contributed by atoms with Gasteiger partial charge in [-0.15, -0.1) is 0 Å². The standard InChI is InChI=1S/C23H29NO8/c1-13-7-8-19(27)22(29)18(26)6-4-5-16-11-17(31-10-9-24-15(3)25)12-20(28)21(16)23(30)32-14(13)2/h11-14,28H,4-10H2,1-3H3,(H,24,25)/t13-,14+/m1/s1. The van der Waals surface area contributed by atoms with Crippen molar-refractivity contribution in [2.75, 3.05) is 13.2 Å². The topological polar surface area (TPSA) is 136 Å². The summed E-state index contributed by atoms with van der Waals surface area (Å²) in [6.45, 7) is 5.23. The van der Waals surface area contributed by atoms with E-state index in [2.05, 4.69) is 5.32 Å². The van der Waals surface area contributed by atoms with Gasteiger partial charge in [-0.05, 0) is 43.7 Å². The van der Waals surface area contributed by atoms with Crippen LogP contribution in [0.15, 0.2) is 12.1 Å². The maximum atomic E-state index is 12.8. The summed E-state index contributed by atoms with van der Waals surface area (Å²) in [4.78, 5) is 59.9. The van der Waals surface area contributed by atoms with Gasteiger partial charge in [0.05, 0.1) is 6.54 Å². The number of nitrogens with one attached hydrogen (secondary N) is 1. The number of benzene rings is 1. The molecule has 0 radical (unpaired) electrons. The van der Waals surface area contributed by atoms with Crippen LogP contribution in [0.5, 0.6) is 11.5 Å². The fourth-order valence-electron chi connectivity index (χ4n) is 3.33. The Morgan fingerprint density at radius 2 is 1.81 bits per heavy atom. The average molecular weight is 447 g/mol. The van der Waals surface area contributed by atoms with Crippen LogP contribution in [0.1, 0.15) is 62.4 Å². The quantitative estimate of drug-likeness (QED) is 0.406. The third-order valence-electron chi connectivity index (χ3n) is 5.40. The Hall–Kier alpha value is -3.23. The summed E-state index contributed by atoms with van der Waals surface area (Å²) in [5, 5.41) is 13.1. The first-order valence-corrected chi connectivity index (χ1v) is 10.6. The molecule has 1 amide bonds. The molecule has 2 rings (SSSR count). The third kappa shape index (κ3) is 6.90. The number of hydrogen-bond donors (Lipinski definition) is 2. The molecule has 1 aromatic carbocycles. The van der Waals surface area contributed by atoms with Crippen LogP contribution in [0.3, 0.4) is 0 Å². The number of aromatic hydroxyl groups is 1. The van der Waals surface area contributed by atoms with Crippen molar-refractivity contribution in [3.63, 3.8) is 0 Å². The van der Waals surface area contributed by atoms with Gasteiger partial charge in [-0.25, -0.2) is 4.79 Å². The van der Waals surface area contributed by atoms with E-state index in [-0.39, 0.29) is 74.1 Å². The van der Waals surface area contributed by atoms with Gasteiger partial charge in [-0.3, -0.25) is 19.2 Å². The predicted octanol–water partition coefficient (Wildman–Crippen LogP) is 1.91. The van der Waals surface area contributed by atoms with E-state index >= 15 is 0 Å². The minimum Gasteiger partial charge on any atom is -0.507 e. The molecule has 0 saturated heterocycles. The van der Waals surface area contributed by atoms with Crippen molar-refractivity contribution in [3.05, 3.63) is 23.3 Å². The molecule has 1 aliphatic rings. The molecule has 0 spiro atoms. The van der Waals surface area contributed by atoms with Crippen molar-refractivity contribution in [1.29, 1.82) is 0 Å². The van der Waals surface area contributed by atoms with Crippen LogP contribution < -0.4 is 10.1 Å². The molecule has 1 aromatic rings. The summed E-state index contributed by atoms with van der Waals surface area (Å²) in [7, 11) is 0. The summed E-state index contributed by atoms with van der Waals surface area (Å²) < 4.78 is 11.1. The molecule has 1 aliphatic heterocycles. The lowest BCUT2D eigenvalue weighted by Gasteiger charge is -2.22.